The molecule has 1 rings (SSSR count). The van der Waals surface area contributed by atoms with Crippen molar-refractivity contribution in [2.75, 3.05) is 6.54 Å². The Morgan fingerprint density at radius 1 is 1.33 bits per heavy atom. The van der Waals surface area contributed by atoms with Crippen LogP contribution >= 0.6 is 0 Å². The summed E-state index contributed by atoms with van der Waals surface area (Å²) >= 11 is 0. The first-order valence-corrected chi connectivity index (χ1v) is 3.84. The van der Waals surface area contributed by atoms with Crippen LogP contribution in [-0.2, 0) is 0 Å². The van der Waals surface area contributed by atoms with Gasteiger partial charge in [0.25, 0.3) is 0 Å². The molecule has 1 heteroatoms. The summed E-state index contributed by atoms with van der Waals surface area (Å²) in [6.45, 7) is 7.77. The summed E-state index contributed by atoms with van der Waals surface area (Å²) < 4.78 is 0. The molecule has 0 aromatic carbocycles. The average molecular weight is 127 g/mol. The molecule has 1 nitrogen and oxygen atoms in total. The molecule has 1 aliphatic rings. The highest BCUT2D eigenvalue weighted by Crippen LogP contribution is 2.59. The molecule has 9 heavy (non-hydrogen) atoms. The molecular formula is C8H17N. The van der Waals surface area contributed by atoms with Crippen LogP contribution in [0.1, 0.15) is 27.2 Å². The molecule has 0 saturated heterocycles. The van der Waals surface area contributed by atoms with E-state index in [4.69, 9.17) is 5.73 Å². The van der Waals surface area contributed by atoms with Crippen molar-refractivity contribution < 1.29 is 0 Å². The van der Waals surface area contributed by atoms with Crippen molar-refractivity contribution in [3.63, 3.8) is 0 Å². The molecule has 0 aliphatic heterocycles. The van der Waals surface area contributed by atoms with Gasteiger partial charge in [-0.1, -0.05) is 27.2 Å². The molecule has 0 spiro atoms. The molecule has 0 heterocycles. The third kappa shape index (κ3) is 0.877. The fourth-order valence-electron chi connectivity index (χ4n) is 2.14. The van der Waals surface area contributed by atoms with Crippen LogP contribution in [0.2, 0.25) is 0 Å². The number of rotatable bonds is 2. The predicted octanol–water partition coefficient (Wildman–Crippen LogP) is 1.63. The zero-order chi connectivity index (χ0) is 7.07. The summed E-state index contributed by atoms with van der Waals surface area (Å²) in [4.78, 5) is 0. The van der Waals surface area contributed by atoms with Gasteiger partial charge in [0.2, 0.25) is 0 Å². The highest BCUT2D eigenvalue weighted by molar-refractivity contribution is 5.04. The van der Waals surface area contributed by atoms with E-state index in [-0.39, 0.29) is 0 Å². The maximum Gasteiger partial charge on any atom is -0.00408 e. The molecular weight excluding hydrogens is 110 g/mol. The lowest BCUT2D eigenvalue weighted by atomic mass is 10.1. The lowest BCUT2D eigenvalue weighted by Gasteiger charge is -1.97. The summed E-state index contributed by atoms with van der Waals surface area (Å²) in [5.41, 5.74) is 6.13. The van der Waals surface area contributed by atoms with Crippen LogP contribution in [0.4, 0.5) is 0 Å². The van der Waals surface area contributed by atoms with E-state index in [0.29, 0.717) is 5.41 Å². The minimum Gasteiger partial charge on any atom is -0.330 e. The van der Waals surface area contributed by atoms with Crippen LogP contribution < -0.4 is 5.73 Å². The third-order valence-electron chi connectivity index (χ3n) is 2.98. The second-order valence-corrected chi connectivity index (χ2v) is 3.68. The van der Waals surface area contributed by atoms with Crippen molar-refractivity contribution in [2.45, 2.75) is 27.2 Å². The second-order valence-electron chi connectivity index (χ2n) is 3.68. The fraction of sp³-hybridized carbons (Fsp3) is 1.00. The fourth-order valence-corrected chi connectivity index (χ4v) is 2.14. The molecule has 54 valence electrons. The third-order valence-corrected chi connectivity index (χ3v) is 2.98. The SMILES string of the molecule is CCC1C(CN)C1(C)C. The Labute approximate surface area is 57.6 Å². The largest absolute Gasteiger partial charge is 0.330 e. The minimum atomic E-state index is 0.559. The monoisotopic (exact) mass is 127 g/mol. The van der Waals surface area contributed by atoms with Gasteiger partial charge < -0.3 is 5.73 Å². The zero-order valence-corrected chi connectivity index (χ0v) is 6.65. The summed E-state index contributed by atoms with van der Waals surface area (Å²) in [5, 5.41) is 0. The summed E-state index contributed by atoms with van der Waals surface area (Å²) in [7, 11) is 0. The van der Waals surface area contributed by atoms with Crippen molar-refractivity contribution in [1.29, 1.82) is 0 Å². The van der Waals surface area contributed by atoms with E-state index in [1.165, 1.54) is 6.42 Å². The highest BCUT2D eigenvalue weighted by Gasteiger charge is 2.54. The van der Waals surface area contributed by atoms with E-state index < -0.39 is 0 Å². The van der Waals surface area contributed by atoms with Crippen molar-refractivity contribution in [3.8, 4) is 0 Å². The molecule has 1 aliphatic carbocycles. The smallest absolute Gasteiger partial charge is 0.00408 e. The van der Waals surface area contributed by atoms with Crippen LogP contribution in [-0.4, -0.2) is 6.54 Å². The van der Waals surface area contributed by atoms with Crippen LogP contribution in [0.5, 0.6) is 0 Å². The molecule has 0 aromatic heterocycles. The van der Waals surface area contributed by atoms with Gasteiger partial charge >= 0.3 is 0 Å². The minimum absolute atomic E-state index is 0.559. The first-order chi connectivity index (χ1) is 4.14. The Bertz CT molecular complexity index is 95.1. The molecule has 2 atom stereocenters. The maximum absolute atomic E-state index is 5.58. The Kier molecular flexibility index (Phi) is 1.55. The Morgan fingerprint density at radius 2 is 1.89 bits per heavy atom. The Morgan fingerprint density at radius 3 is 2.00 bits per heavy atom. The van der Waals surface area contributed by atoms with Crippen molar-refractivity contribution in [3.05, 3.63) is 0 Å². The lowest BCUT2D eigenvalue weighted by molar-refractivity contribution is 0.532. The zero-order valence-electron chi connectivity index (χ0n) is 6.65. The van der Waals surface area contributed by atoms with E-state index in [2.05, 4.69) is 20.8 Å². The van der Waals surface area contributed by atoms with Crippen LogP contribution in [0.15, 0.2) is 0 Å². The molecule has 0 aromatic rings. The number of nitrogens with two attached hydrogens (primary N) is 1. The van der Waals surface area contributed by atoms with Crippen LogP contribution in [0, 0.1) is 17.3 Å². The van der Waals surface area contributed by atoms with Gasteiger partial charge in [-0.05, 0) is 23.8 Å². The normalized spacial score (nSPS) is 38.7. The summed E-state index contributed by atoms with van der Waals surface area (Å²) in [6, 6.07) is 0. The van der Waals surface area contributed by atoms with Gasteiger partial charge in [0.15, 0.2) is 0 Å². The van der Waals surface area contributed by atoms with Gasteiger partial charge in [-0.15, -0.1) is 0 Å². The first kappa shape index (κ1) is 7.07. The second kappa shape index (κ2) is 1.98. The van der Waals surface area contributed by atoms with E-state index in [0.717, 1.165) is 18.4 Å². The molecule has 2 N–H and O–H groups in total. The van der Waals surface area contributed by atoms with Crippen LogP contribution in [0.25, 0.3) is 0 Å². The topological polar surface area (TPSA) is 26.0 Å². The summed E-state index contributed by atoms with van der Waals surface area (Å²) in [5.74, 6) is 1.71. The highest BCUT2D eigenvalue weighted by atomic mass is 14.7. The van der Waals surface area contributed by atoms with Gasteiger partial charge in [-0.25, -0.2) is 0 Å². The molecule has 1 saturated carbocycles. The quantitative estimate of drug-likeness (QED) is 0.599. The predicted molar refractivity (Wildman–Crippen MR) is 40.1 cm³/mol. The Balaban J connectivity index is 2.45. The van der Waals surface area contributed by atoms with Crippen molar-refractivity contribution in [1.82, 2.24) is 0 Å². The van der Waals surface area contributed by atoms with Crippen molar-refractivity contribution in [2.24, 2.45) is 23.0 Å². The summed E-state index contributed by atoms with van der Waals surface area (Å²) in [6.07, 6.45) is 1.30. The van der Waals surface area contributed by atoms with E-state index >= 15 is 0 Å². The van der Waals surface area contributed by atoms with Gasteiger partial charge in [-0.3, -0.25) is 0 Å². The van der Waals surface area contributed by atoms with Gasteiger partial charge in [-0.2, -0.15) is 0 Å². The average Bonchev–Trinajstić information content (AvgIpc) is 2.32. The maximum atomic E-state index is 5.58. The first-order valence-electron chi connectivity index (χ1n) is 3.84. The molecule has 0 bridgehead atoms. The molecule has 1 fully saturated rings. The van der Waals surface area contributed by atoms with E-state index in [1.807, 2.05) is 0 Å². The van der Waals surface area contributed by atoms with Crippen LogP contribution in [0.3, 0.4) is 0 Å². The number of hydrogen-bond acceptors (Lipinski definition) is 1. The van der Waals surface area contributed by atoms with Gasteiger partial charge in [0, 0.05) is 0 Å². The van der Waals surface area contributed by atoms with E-state index in [1.54, 1.807) is 0 Å². The molecule has 0 amide bonds. The van der Waals surface area contributed by atoms with E-state index in [9.17, 15) is 0 Å². The van der Waals surface area contributed by atoms with Crippen molar-refractivity contribution >= 4 is 0 Å². The standard InChI is InChI=1S/C8H17N/c1-4-6-7(5-9)8(6,2)3/h6-7H,4-5,9H2,1-3H3. The van der Waals surface area contributed by atoms with Gasteiger partial charge in [0.05, 0.1) is 0 Å². The van der Waals surface area contributed by atoms with Gasteiger partial charge in [0.1, 0.15) is 0 Å². The number of hydrogen-bond donors (Lipinski definition) is 1. The Hall–Kier alpha value is -0.0400. The lowest BCUT2D eigenvalue weighted by Crippen LogP contribution is -2.05. The molecule has 0 radical (unpaired) electrons. The molecule has 2 unspecified atom stereocenters.